The predicted octanol–water partition coefficient (Wildman–Crippen LogP) is 6.37. The molecule has 11 heteroatoms. The standard InChI is InChI=1S/C16H12Cl4N4OS2/c1-2-24-15(10-4-3-5-26-10)22-23-16(24)27-7-11(25)21-14-12(19)8(17)6-9(18)13(14)20/h3-6H,2,7H2,1H3,(H,21,25). The van der Waals surface area contributed by atoms with Gasteiger partial charge < -0.3 is 9.88 Å². The van der Waals surface area contributed by atoms with Crippen LogP contribution in [0.2, 0.25) is 20.1 Å². The summed E-state index contributed by atoms with van der Waals surface area (Å²) >= 11 is 27.1. The fourth-order valence-corrected chi connectivity index (χ4v) is 4.68. The zero-order chi connectivity index (χ0) is 19.6. The highest BCUT2D eigenvalue weighted by atomic mass is 35.5. The van der Waals surface area contributed by atoms with E-state index in [2.05, 4.69) is 15.5 Å². The molecule has 0 aliphatic rings. The van der Waals surface area contributed by atoms with E-state index in [4.69, 9.17) is 46.4 Å². The summed E-state index contributed by atoms with van der Waals surface area (Å²) < 4.78 is 1.96. The number of thiophene rings is 1. The Morgan fingerprint density at radius 2 is 1.93 bits per heavy atom. The second kappa shape index (κ2) is 9.03. The molecular weight excluding hydrogens is 470 g/mol. The van der Waals surface area contributed by atoms with Crippen LogP contribution in [-0.2, 0) is 11.3 Å². The largest absolute Gasteiger partial charge is 0.323 e. The van der Waals surface area contributed by atoms with Crippen LogP contribution < -0.4 is 5.32 Å². The molecule has 1 N–H and O–H groups in total. The summed E-state index contributed by atoms with van der Waals surface area (Å²) in [6, 6.07) is 5.36. The molecule has 0 saturated carbocycles. The molecule has 0 aliphatic heterocycles. The zero-order valence-electron chi connectivity index (χ0n) is 13.8. The molecule has 0 unspecified atom stereocenters. The molecule has 0 radical (unpaired) electrons. The number of amides is 1. The Kier molecular flexibility index (Phi) is 6.94. The van der Waals surface area contributed by atoms with Crippen LogP contribution >= 0.6 is 69.5 Å². The summed E-state index contributed by atoms with van der Waals surface area (Å²) in [7, 11) is 0. The summed E-state index contributed by atoms with van der Waals surface area (Å²) in [5.41, 5.74) is 0.192. The average Bonchev–Trinajstić information content (AvgIpc) is 3.30. The highest BCUT2D eigenvalue weighted by Gasteiger charge is 2.18. The van der Waals surface area contributed by atoms with Gasteiger partial charge in [0.05, 0.1) is 36.4 Å². The molecule has 1 aromatic carbocycles. The number of aromatic nitrogens is 3. The Balaban J connectivity index is 1.72. The predicted molar refractivity (Wildman–Crippen MR) is 115 cm³/mol. The Labute approximate surface area is 184 Å². The van der Waals surface area contributed by atoms with Gasteiger partial charge >= 0.3 is 0 Å². The lowest BCUT2D eigenvalue weighted by molar-refractivity contribution is -0.113. The van der Waals surface area contributed by atoms with Gasteiger partial charge in [-0.05, 0) is 24.4 Å². The van der Waals surface area contributed by atoms with Gasteiger partial charge in [-0.3, -0.25) is 4.79 Å². The maximum absolute atomic E-state index is 12.4. The first-order valence-corrected chi connectivity index (χ1v) is 11.0. The van der Waals surface area contributed by atoms with Crippen molar-refractivity contribution in [3.63, 3.8) is 0 Å². The molecule has 3 aromatic rings. The highest BCUT2D eigenvalue weighted by Crippen LogP contribution is 2.41. The number of benzene rings is 1. The number of hydrogen-bond acceptors (Lipinski definition) is 5. The van der Waals surface area contributed by atoms with E-state index >= 15 is 0 Å². The van der Waals surface area contributed by atoms with Crippen LogP contribution in [0.25, 0.3) is 10.7 Å². The van der Waals surface area contributed by atoms with Crippen LogP contribution in [0.15, 0.2) is 28.7 Å². The van der Waals surface area contributed by atoms with Crippen LogP contribution in [0.4, 0.5) is 5.69 Å². The summed E-state index contributed by atoms with van der Waals surface area (Å²) in [6.07, 6.45) is 0. The van der Waals surface area contributed by atoms with Crippen molar-refractivity contribution < 1.29 is 4.79 Å². The molecule has 2 aromatic heterocycles. The Morgan fingerprint density at radius 1 is 1.22 bits per heavy atom. The monoisotopic (exact) mass is 480 g/mol. The third-order valence-corrected chi connectivity index (χ3v) is 6.89. The van der Waals surface area contributed by atoms with Gasteiger partial charge in [-0.25, -0.2) is 0 Å². The van der Waals surface area contributed by atoms with Crippen molar-refractivity contribution in [2.75, 3.05) is 11.1 Å². The van der Waals surface area contributed by atoms with E-state index in [0.29, 0.717) is 11.7 Å². The maximum atomic E-state index is 12.4. The van der Waals surface area contributed by atoms with Gasteiger partial charge in [0.1, 0.15) is 0 Å². The lowest BCUT2D eigenvalue weighted by Gasteiger charge is -2.12. The van der Waals surface area contributed by atoms with Crippen LogP contribution in [0, 0.1) is 0 Å². The minimum atomic E-state index is -0.314. The molecule has 0 fully saturated rings. The second-order valence-corrected chi connectivity index (χ2v) is 8.67. The third kappa shape index (κ3) is 4.55. The molecule has 142 valence electrons. The Hall–Kier alpha value is -0.960. The molecule has 3 rings (SSSR count). The van der Waals surface area contributed by atoms with Crippen molar-refractivity contribution in [1.29, 1.82) is 0 Å². The molecule has 27 heavy (non-hydrogen) atoms. The third-order valence-electron chi connectivity index (χ3n) is 3.48. The smallest absolute Gasteiger partial charge is 0.234 e. The normalized spacial score (nSPS) is 11.0. The molecule has 1 amide bonds. The molecule has 0 bridgehead atoms. The molecule has 5 nitrogen and oxygen atoms in total. The lowest BCUT2D eigenvalue weighted by Crippen LogP contribution is -2.15. The number of anilines is 1. The number of halogens is 4. The molecule has 0 aliphatic carbocycles. The number of carbonyl (C=O) groups excluding carboxylic acids is 1. The van der Waals surface area contributed by atoms with Gasteiger partial charge in [-0.2, -0.15) is 0 Å². The van der Waals surface area contributed by atoms with Crippen LogP contribution in [0.1, 0.15) is 6.92 Å². The van der Waals surface area contributed by atoms with Crippen molar-refractivity contribution >= 4 is 81.1 Å². The molecule has 0 spiro atoms. The van der Waals surface area contributed by atoms with E-state index in [1.807, 2.05) is 29.0 Å². The van der Waals surface area contributed by atoms with E-state index in [9.17, 15) is 4.79 Å². The van der Waals surface area contributed by atoms with Gasteiger partial charge in [0.15, 0.2) is 11.0 Å². The summed E-state index contributed by atoms with van der Waals surface area (Å²) in [4.78, 5) is 13.4. The summed E-state index contributed by atoms with van der Waals surface area (Å²) in [5, 5.41) is 14.4. The number of thioether (sulfide) groups is 1. The topological polar surface area (TPSA) is 59.8 Å². The second-order valence-electron chi connectivity index (χ2n) is 5.21. The number of carbonyl (C=O) groups is 1. The molecular formula is C16H12Cl4N4OS2. The minimum Gasteiger partial charge on any atom is -0.323 e. The number of hydrogen-bond donors (Lipinski definition) is 1. The fraction of sp³-hybridized carbons (Fsp3) is 0.188. The van der Waals surface area contributed by atoms with Crippen molar-refractivity contribution in [3.8, 4) is 10.7 Å². The van der Waals surface area contributed by atoms with Gasteiger partial charge in [0.25, 0.3) is 0 Å². The first-order chi connectivity index (χ1) is 12.9. The average molecular weight is 482 g/mol. The van der Waals surface area contributed by atoms with E-state index in [0.717, 1.165) is 10.7 Å². The van der Waals surface area contributed by atoms with Crippen molar-refractivity contribution in [2.24, 2.45) is 0 Å². The maximum Gasteiger partial charge on any atom is 0.234 e. The molecule has 2 heterocycles. The van der Waals surface area contributed by atoms with Crippen molar-refractivity contribution in [2.45, 2.75) is 18.6 Å². The summed E-state index contributed by atoms with van der Waals surface area (Å²) in [6.45, 7) is 2.68. The van der Waals surface area contributed by atoms with Gasteiger partial charge in [0, 0.05) is 6.54 Å². The summed E-state index contributed by atoms with van der Waals surface area (Å²) in [5.74, 6) is 0.563. The number of nitrogens with one attached hydrogen (secondary N) is 1. The van der Waals surface area contributed by atoms with Crippen molar-refractivity contribution in [3.05, 3.63) is 43.7 Å². The Bertz CT molecular complexity index is 949. The van der Waals surface area contributed by atoms with E-state index in [1.54, 1.807) is 11.3 Å². The van der Waals surface area contributed by atoms with Gasteiger partial charge in [-0.1, -0.05) is 64.2 Å². The lowest BCUT2D eigenvalue weighted by atomic mass is 10.3. The van der Waals surface area contributed by atoms with E-state index in [-0.39, 0.29) is 37.4 Å². The first kappa shape index (κ1) is 20.8. The van der Waals surface area contributed by atoms with Gasteiger partial charge in [-0.15, -0.1) is 21.5 Å². The van der Waals surface area contributed by atoms with Crippen LogP contribution in [0.3, 0.4) is 0 Å². The Morgan fingerprint density at radius 3 is 2.52 bits per heavy atom. The first-order valence-electron chi connectivity index (χ1n) is 7.65. The SMILES string of the molecule is CCn1c(SCC(=O)Nc2c(Cl)c(Cl)cc(Cl)c2Cl)nnc1-c1cccs1. The molecule has 0 atom stereocenters. The molecule has 0 saturated heterocycles. The van der Waals surface area contributed by atoms with Gasteiger partial charge in [0.2, 0.25) is 5.91 Å². The van der Waals surface area contributed by atoms with Crippen LogP contribution in [0.5, 0.6) is 0 Å². The van der Waals surface area contributed by atoms with E-state index in [1.165, 1.54) is 17.8 Å². The quantitative estimate of drug-likeness (QED) is 0.328. The van der Waals surface area contributed by atoms with Crippen LogP contribution in [-0.4, -0.2) is 26.4 Å². The van der Waals surface area contributed by atoms with E-state index < -0.39 is 0 Å². The van der Waals surface area contributed by atoms with Crippen molar-refractivity contribution in [1.82, 2.24) is 14.8 Å². The number of nitrogens with zero attached hydrogens (tertiary/aromatic N) is 3. The minimum absolute atomic E-state index is 0.0966. The fourth-order valence-electron chi connectivity index (χ4n) is 2.26. The highest BCUT2D eigenvalue weighted by molar-refractivity contribution is 7.99. The number of rotatable bonds is 6. The zero-order valence-corrected chi connectivity index (χ0v) is 18.5.